The fraction of sp³-hybridized carbons (Fsp3) is 0.417. The van der Waals surface area contributed by atoms with Crippen LogP contribution in [0.15, 0.2) is 30.3 Å². The maximum atomic E-state index is 9.76. The van der Waals surface area contributed by atoms with Gasteiger partial charge < -0.3 is 15.2 Å². The van der Waals surface area contributed by atoms with Crippen molar-refractivity contribution in [2.45, 2.75) is 19.1 Å². The Morgan fingerprint density at radius 2 is 2.19 bits per heavy atom. The van der Waals surface area contributed by atoms with Crippen LogP contribution in [0.3, 0.4) is 0 Å². The monoisotopic (exact) mass is 223 g/mol. The van der Waals surface area contributed by atoms with Crippen molar-refractivity contribution in [1.29, 1.82) is 0 Å². The zero-order chi connectivity index (χ0) is 11.6. The molecule has 1 heterocycles. The molecule has 0 aliphatic carbocycles. The maximum absolute atomic E-state index is 9.76. The van der Waals surface area contributed by atoms with Crippen LogP contribution >= 0.6 is 0 Å². The van der Waals surface area contributed by atoms with Crippen molar-refractivity contribution in [3.8, 4) is 0 Å². The van der Waals surface area contributed by atoms with Crippen LogP contribution in [0.5, 0.6) is 0 Å². The Kier molecular flexibility index (Phi) is 6.22. The van der Waals surface area contributed by atoms with Gasteiger partial charge in [0, 0.05) is 6.54 Å². The molecule has 1 saturated heterocycles. The fourth-order valence-corrected chi connectivity index (χ4v) is 1.34. The van der Waals surface area contributed by atoms with Gasteiger partial charge >= 0.3 is 0 Å². The Labute approximate surface area is 95.2 Å². The number of hydrogen-bond donors (Lipinski definition) is 2. The lowest BCUT2D eigenvalue weighted by molar-refractivity contribution is -0.129. The molecular formula is C12H17NO3. The molecule has 88 valence electrons. The molecule has 1 unspecified atom stereocenters. The minimum absolute atomic E-state index is 0.0648. The molecular weight excluding hydrogens is 206 g/mol. The fourth-order valence-electron chi connectivity index (χ4n) is 1.34. The van der Waals surface area contributed by atoms with Gasteiger partial charge in [-0.2, -0.15) is 0 Å². The Bertz CT molecular complexity index is 284. The first kappa shape index (κ1) is 12.7. The van der Waals surface area contributed by atoms with Crippen LogP contribution in [0.4, 0.5) is 0 Å². The highest BCUT2D eigenvalue weighted by Crippen LogP contribution is 1.98. The number of hydrogen-bond acceptors (Lipinski definition) is 4. The smallest absolute Gasteiger partial charge is 0.293 e. The van der Waals surface area contributed by atoms with Crippen molar-refractivity contribution >= 4 is 6.47 Å². The number of rotatable bonds is 3. The van der Waals surface area contributed by atoms with Gasteiger partial charge in [0.15, 0.2) is 0 Å². The summed E-state index contributed by atoms with van der Waals surface area (Å²) >= 11 is 0. The number of ether oxygens (including phenoxy) is 1. The molecule has 1 aromatic carbocycles. The van der Waals surface area contributed by atoms with E-state index in [9.17, 15) is 4.79 Å². The lowest BCUT2D eigenvalue weighted by Crippen LogP contribution is -2.11. The molecule has 1 aliphatic rings. The highest BCUT2D eigenvalue weighted by molar-refractivity contribution is 5.37. The normalized spacial score (nSPS) is 18.4. The summed E-state index contributed by atoms with van der Waals surface area (Å²) in [5.41, 5.74) is 1.01. The molecule has 16 heavy (non-hydrogen) atoms. The Morgan fingerprint density at radius 3 is 2.62 bits per heavy atom. The SMILES string of the molecule is O=COCc1ccccc1.OC1CCNC1. The predicted octanol–water partition coefficient (Wildman–Crippen LogP) is 0.700. The Morgan fingerprint density at radius 1 is 1.44 bits per heavy atom. The van der Waals surface area contributed by atoms with E-state index in [2.05, 4.69) is 10.1 Å². The minimum Gasteiger partial charge on any atom is -0.463 e. The second-order valence-electron chi connectivity index (χ2n) is 3.54. The molecule has 0 amide bonds. The van der Waals surface area contributed by atoms with Gasteiger partial charge in [0.25, 0.3) is 6.47 Å². The van der Waals surface area contributed by atoms with Gasteiger partial charge in [-0.05, 0) is 18.5 Å². The second kappa shape index (κ2) is 7.84. The largest absolute Gasteiger partial charge is 0.463 e. The van der Waals surface area contributed by atoms with Gasteiger partial charge in [-0.1, -0.05) is 30.3 Å². The number of aliphatic hydroxyl groups excluding tert-OH is 1. The first-order valence-corrected chi connectivity index (χ1v) is 5.31. The number of carbonyl (C=O) groups is 1. The van der Waals surface area contributed by atoms with Crippen molar-refractivity contribution in [2.24, 2.45) is 0 Å². The molecule has 1 fully saturated rings. The topological polar surface area (TPSA) is 58.6 Å². The molecule has 0 aromatic heterocycles. The third-order valence-corrected chi connectivity index (χ3v) is 2.20. The summed E-state index contributed by atoms with van der Waals surface area (Å²) in [5.74, 6) is 0. The van der Waals surface area contributed by atoms with Crippen molar-refractivity contribution in [2.75, 3.05) is 13.1 Å². The molecule has 1 atom stereocenters. The van der Waals surface area contributed by atoms with Gasteiger partial charge in [0.2, 0.25) is 0 Å². The third-order valence-electron chi connectivity index (χ3n) is 2.20. The van der Waals surface area contributed by atoms with E-state index in [0.717, 1.165) is 25.1 Å². The number of carbonyl (C=O) groups excluding carboxylic acids is 1. The van der Waals surface area contributed by atoms with Crippen LogP contribution in [-0.4, -0.2) is 30.8 Å². The molecule has 0 spiro atoms. The van der Waals surface area contributed by atoms with E-state index in [-0.39, 0.29) is 6.10 Å². The number of β-amino-alcohol motifs (C(OH)–C–C–N with tert-alkyl or cyclic N) is 1. The average molecular weight is 223 g/mol. The van der Waals surface area contributed by atoms with Gasteiger partial charge in [0.1, 0.15) is 6.61 Å². The van der Waals surface area contributed by atoms with E-state index < -0.39 is 0 Å². The van der Waals surface area contributed by atoms with Gasteiger partial charge in [0.05, 0.1) is 6.10 Å². The van der Waals surface area contributed by atoms with E-state index in [0.29, 0.717) is 13.1 Å². The van der Waals surface area contributed by atoms with Crippen molar-refractivity contribution in [3.05, 3.63) is 35.9 Å². The molecule has 4 heteroatoms. The van der Waals surface area contributed by atoms with Gasteiger partial charge in [-0.3, -0.25) is 4.79 Å². The van der Waals surface area contributed by atoms with Crippen LogP contribution in [0.2, 0.25) is 0 Å². The Balaban J connectivity index is 0.000000181. The van der Waals surface area contributed by atoms with E-state index in [1.54, 1.807) is 0 Å². The second-order valence-corrected chi connectivity index (χ2v) is 3.54. The van der Waals surface area contributed by atoms with E-state index in [4.69, 9.17) is 5.11 Å². The lowest BCUT2D eigenvalue weighted by atomic mass is 10.2. The molecule has 4 nitrogen and oxygen atoms in total. The number of nitrogens with one attached hydrogen (secondary N) is 1. The quantitative estimate of drug-likeness (QED) is 0.741. The van der Waals surface area contributed by atoms with Crippen LogP contribution in [0.1, 0.15) is 12.0 Å². The summed E-state index contributed by atoms with van der Waals surface area (Å²) < 4.78 is 4.54. The van der Waals surface area contributed by atoms with Crippen LogP contribution in [0.25, 0.3) is 0 Å². The molecule has 0 saturated carbocycles. The predicted molar refractivity (Wildman–Crippen MR) is 60.8 cm³/mol. The summed E-state index contributed by atoms with van der Waals surface area (Å²) in [6, 6.07) is 9.55. The molecule has 1 aromatic rings. The van der Waals surface area contributed by atoms with Crippen molar-refractivity contribution in [1.82, 2.24) is 5.32 Å². The summed E-state index contributed by atoms with van der Waals surface area (Å²) in [6.07, 6.45) is 0.866. The maximum Gasteiger partial charge on any atom is 0.293 e. The minimum atomic E-state index is -0.0648. The number of aliphatic hydroxyl groups is 1. The van der Waals surface area contributed by atoms with E-state index >= 15 is 0 Å². The molecule has 0 radical (unpaired) electrons. The molecule has 2 N–H and O–H groups in total. The molecule has 1 aliphatic heterocycles. The van der Waals surface area contributed by atoms with Crippen LogP contribution < -0.4 is 5.32 Å². The van der Waals surface area contributed by atoms with Gasteiger partial charge in [-0.25, -0.2) is 0 Å². The average Bonchev–Trinajstić information content (AvgIpc) is 2.80. The molecule has 0 bridgehead atoms. The molecule has 2 rings (SSSR count). The van der Waals surface area contributed by atoms with Gasteiger partial charge in [-0.15, -0.1) is 0 Å². The first-order chi connectivity index (χ1) is 7.83. The Hall–Kier alpha value is -1.39. The highest BCUT2D eigenvalue weighted by Gasteiger charge is 2.08. The number of benzene rings is 1. The summed E-state index contributed by atoms with van der Waals surface area (Å²) in [7, 11) is 0. The van der Waals surface area contributed by atoms with Crippen molar-refractivity contribution in [3.63, 3.8) is 0 Å². The van der Waals surface area contributed by atoms with E-state index in [1.807, 2.05) is 30.3 Å². The highest BCUT2D eigenvalue weighted by atomic mass is 16.5. The zero-order valence-corrected chi connectivity index (χ0v) is 9.13. The van der Waals surface area contributed by atoms with Crippen LogP contribution in [-0.2, 0) is 16.1 Å². The summed E-state index contributed by atoms with van der Waals surface area (Å²) in [5, 5.41) is 11.7. The van der Waals surface area contributed by atoms with Crippen LogP contribution in [0, 0.1) is 0 Å². The lowest BCUT2D eigenvalue weighted by Gasteiger charge is -1.95. The summed E-state index contributed by atoms with van der Waals surface area (Å²) in [4.78, 5) is 9.76. The zero-order valence-electron chi connectivity index (χ0n) is 9.13. The summed E-state index contributed by atoms with van der Waals surface area (Å²) in [6.45, 7) is 2.60. The van der Waals surface area contributed by atoms with Crippen molar-refractivity contribution < 1.29 is 14.6 Å². The third kappa shape index (κ3) is 5.48. The van der Waals surface area contributed by atoms with E-state index in [1.165, 1.54) is 0 Å². The first-order valence-electron chi connectivity index (χ1n) is 5.31. The standard InChI is InChI=1S/C8H8O2.C4H9NO/c9-7-10-6-8-4-2-1-3-5-8;6-4-1-2-5-3-4/h1-5,7H,6H2;4-6H,1-3H2.